The number of hydrogen-bond donors (Lipinski definition) is 1. The zero-order chi connectivity index (χ0) is 21.7. The number of nitrogens with one attached hydrogen (secondary N) is 1. The number of hydrogen-bond acceptors (Lipinski definition) is 6. The van der Waals surface area contributed by atoms with Crippen LogP contribution >= 0.6 is 11.6 Å². The highest BCUT2D eigenvalue weighted by Crippen LogP contribution is 2.35. The third-order valence-electron chi connectivity index (χ3n) is 4.75. The van der Waals surface area contributed by atoms with Crippen molar-refractivity contribution in [3.05, 3.63) is 58.4 Å². The van der Waals surface area contributed by atoms with Gasteiger partial charge in [-0.1, -0.05) is 42.7 Å². The Hall–Kier alpha value is -2.45. The van der Waals surface area contributed by atoms with Crippen LogP contribution in [-0.4, -0.2) is 36.6 Å². The molecular weight excluding hydrogens is 426 g/mol. The van der Waals surface area contributed by atoms with Gasteiger partial charge in [0.2, 0.25) is 5.88 Å². The third kappa shape index (κ3) is 6.03. The van der Waals surface area contributed by atoms with Crippen molar-refractivity contribution in [2.75, 3.05) is 6.26 Å². The fourth-order valence-electron chi connectivity index (χ4n) is 3.22. The Morgan fingerprint density at radius 2 is 2.00 bits per heavy atom. The van der Waals surface area contributed by atoms with E-state index in [0.717, 1.165) is 37.3 Å². The SMILES string of the molecule is CC(C=CS(C)(=O)=O)NC(=O)c1cnc(C2CCCC2)nc1Oc1ccccc1Cl. The summed E-state index contributed by atoms with van der Waals surface area (Å²) in [5.41, 5.74) is 0.149. The molecule has 1 fully saturated rings. The highest BCUT2D eigenvalue weighted by Gasteiger charge is 2.24. The quantitative estimate of drug-likeness (QED) is 0.678. The van der Waals surface area contributed by atoms with E-state index in [1.165, 1.54) is 12.3 Å². The van der Waals surface area contributed by atoms with Crippen molar-refractivity contribution in [3.63, 3.8) is 0 Å². The van der Waals surface area contributed by atoms with Gasteiger partial charge in [-0.15, -0.1) is 0 Å². The molecule has 0 saturated heterocycles. The molecule has 1 heterocycles. The van der Waals surface area contributed by atoms with E-state index in [1.54, 1.807) is 31.2 Å². The van der Waals surface area contributed by atoms with Crippen LogP contribution in [-0.2, 0) is 9.84 Å². The number of amides is 1. The number of halogens is 1. The molecule has 0 bridgehead atoms. The van der Waals surface area contributed by atoms with Gasteiger partial charge in [-0.3, -0.25) is 4.79 Å². The number of aromatic nitrogens is 2. The molecule has 1 aliphatic carbocycles. The number of benzene rings is 1. The molecule has 1 amide bonds. The van der Waals surface area contributed by atoms with Crippen LogP contribution in [0.1, 0.15) is 54.7 Å². The highest BCUT2D eigenvalue weighted by atomic mass is 35.5. The van der Waals surface area contributed by atoms with E-state index in [1.807, 2.05) is 0 Å². The smallest absolute Gasteiger partial charge is 0.258 e. The predicted molar refractivity (Wildman–Crippen MR) is 116 cm³/mol. The first kappa shape index (κ1) is 22.2. The van der Waals surface area contributed by atoms with Gasteiger partial charge in [-0.25, -0.2) is 13.4 Å². The van der Waals surface area contributed by atoms with Crippen LogP contribution in [0.25, 0.3) is 0 Å². The predicted octanol–water partition coefficient (Wildman–Crippen LogP) is 4.26. The van der Waals surface area contributed by atoms with Gasteiger partial charge < -0.3 is 10.1 Å². The number of ether oxygens (including phenoxy) is 1. The lowest BCUT2D eigenvalue weighted by atomic mass is 10.1. The molecule has 3 rings (SSSR count). The summed E-state index contributed by atoms with van der Waals surface area (Å²) in [4.78, 5) is 21.8. The van der Waals surface area contributed by atoms with Crippen molar-refractivity contribution in [2.24, 2.45) is 0 Å². The molecule has 7 nitrogen and oxygen atoms in total. The molecule has 1 N–H and O–H groups in total. The van der Waals surface area contributed by atoms with Gasteiger partial charge in [-0.05, 0) is 31.9 Å². The first-order valence-electron chi connectivity index (χ1n) is 9.71. The van der Waals surface area contributed by atoms with Gasteiger partial charge >= 0.3 is 0 Å². The summed E-state index contributed by atoms with van der Waals surface area (Å²) in [6.45, 7) is 1.67. The summed E-state index contributed by atoms with van der Waals surface area (Å²) in [6, 6.07) is 6.42. The Bertz CT molecular complexity index is 1050. The van der Waals surface area contributed by atoms with Gasteiger partial charge in [0.1, 0.15) is 17.1 Å². The van der Waals surface area contributed by atoms with Crippen molar-refractivity contribution in [1.29, 1.82) is 0 Å². The zero-order valence-electron chi connectivity index (χ0n) is 16.8. The Kier molecular flexibility index (Phi) is 7.10. The molecule has 1 aliphatic rings. The molecule has 0 spiro atoms. The molecule has 2 aromatic rings. The summed E-state index contributed by atoms with van der Waals surface area (Å²) in [5.74, 6) is 0.926. The lowest BCUT2D eigenvalue weighted by Crippen LogP contribution is -2.31. The van der Waals surface area contributed by atoms with Crippen molar-refractivity contribution in [1.82, 2.24) is 15.3 Å². The van der Waals surface area contributed by atoms with Crippen LogP contribution in [0.2, 0.25) is 5.02 Å². The molecule has 0 aliphatic heterocycles. The lowest BCUT2D eigenvalue weighted by molar-refractivity contribution is 0.0943. The highest BCUT2D eigenvalue weighted by molar-refractivity contribution is 7.93. The Balaban J connectivity index is 1.89. The number of rotatable bonds is 7. The van der Waals surface area contributed by atoms with E-state index >= 15 is 0 Å². The standard InChI is InChI=1S/C21H24ClN3O4S/c1-14(11-12-30(2,27)28)24-20(26)16-13-23-19(15-7-3-4-8-15)25-21(16)29-18-10-6-5-9-17(18)22/h5-6,9-15H,3-4,7-8H2,1-2H3,(H,24,26). The number of para-hydroxylation sites is 1. The first-order chi connectivity index (χ1) is 14.2. The van der Waals surface area contributed by atoms with Gasteiger partial charge in [0.25, 0.3) is 5.91 Å². The minimum Gasteiger partial charge on any atom is -0.436 e. The summed E-state index contributed by atoms with van der Waals surface area (Å²) < 4.78 is 28.5. The van der Waals surface area contributed by atoms with E-state index < -0.39 is 21.8 Å². The summed E-state index contributed by atoms with van der Waals surface area (Å²) in [6.07, 6.45) is 8.20. The molecule has 160 valence electrons. The maximum absolute atomic E-state index is 12.8. The summed E-state index contributed by atoms with van der Waals surface area (Å²) >= 11 is 6.21. The molecule has 1 unspecified atom stereocenters. The number of carbonyl (C=O) groups excluding carboxylic acids is 1. The fraction of sp³-hybridized carbons (Fsp3) is 0.381. The van der Waals surface area contributed by atoms with Crippen LogP contribution in [0, 0.1) is 0 Å². The van der Waals surface area contributed by atoms with Crippen molar-refractivity contribution in [2.45, 2.75) is 44.6 Å². The second-order valence-corrected chi connectivity index (χ2v) is 9.72. The lowest BCUT2D eigenvalue weighted by Gasteiger charge is -2.15. The average Bonchev–Trinajstić information content (AvgIpc) is 3.22. The maximum Gasteiger partial charge on any atom is 0.258 e. The van der Waals surface area contributed by atoms with E-state index in [0.29, 0.717) is 16.6 Å². The number of carbonyl (C=O) groups is 1. The Morgan fingerprint density at radius 3 is 2.67 bits per heavy atom. The van der Waals surface area contributed by atoms with Crippen molar-refractivity contribution in [3.8, 4) is 11.6 Å². The van der Waals surface area contributed by atoms with Gasteiger partial charge in [0.05, 0.1) is 5.02 Å². The Morgan fingerprint density at radius 1 is 1.30 bits per heavy atom. The minimum absolute atomic E-state index is 0.122. The second kappa shape index (κ2) is 9.57. The molecule has 1 aromatic carbocycles. The van der Waals surface area contributed by atoms with Crippen LogP contribution < -0.4 is 10.1 Å². The average molecular weight is 450 g/mol. The second-order valence-electron chi connectivity index (χ2n) is 7.38. The number of sulfone groups is 1. The first-order valence-corrected chi connectivity index (χ1v) is 12.0. The topological polar surface area (TPSA) is 98.2 Å². The van der Waals surface area contributed by atoms with E-state index in [2.05, 4.69) is 15.3 Å². The molecule has 9 heteroatoms. The number of nitrogens with zero attached hydrogens (tertiary/aromatic N) is 2. The van der Waals surface area contributed by atoms with Crippen LogP contribution in [0.5, 0.6) is 11.6 Å². The fourth-order valence-corrected chi connectivity index (χ4v) is 3.91. The van der Waals surface area contributed by atoms with Crippen molar-refractivity contribution >= 4 is 27.3 Å². The minimum atomic E-state index is -3.28. The van der Waals surface area contributed by atoms with E-state index in [4.69, 9.17) is 16.3 Å². The Labute approximate surface area is 181 Å². The molecule has 1 atom stereocenters. The maximum atomic E-state index is 12.8. The van der Waals surface area contributed by atoms with Crippen LogP contribution in [0.3, 0.4) is 0 Å². The molecular formula is C21H24ClN3O4S. The monoisotopic (exact) mass is 449 g/mol. The van der Waals surface area contributed by atoms with Gasteiger partial charge in [-0.2, -0.15) is 4.98 Å². The largest absolute Gasteiger partial charge is 0.436 e. The van der Waals surface area contributed by atoms with Crippen LogP contribution in [0.15, 0.2) is 41.9 Å². The summed E-state index contributed by atoms with van der Waals surface area (Å²) in [7, 11) is -3.28. The van der Waals surface area contributed by atoms with Crippen LogP contribution in [0.4, 0.5) is 0 Å². The zero-order valence-corrected chi connectivity index (χ0v) is 18.4. The molecule has 30 heavy (non-hydrogen) atoms. The molecule has 1 saturated carbocycles. The molecule has 1 aromatic heterocycles. The third-order valence-corrected chi connectivity index (χ3v) is 5.72. The molecule has 0 radical (unpaired) electrons. The van der Waals surface area contributed by atoms with Gasteiger partial charge in [0, 0.05) is 29.8 Å². The summed E-state index contributed by atoms with van der Waals surface area (Å²) in [5, 5.41) is 4.17. The normalized spacial score (nSPS) is 16.0. The van der Waals surface area contributed by atoms with E-state index in [9.17, 15) is 13.2 Å². The van der Waals surface area contributed by atoms with Crippen molar-refractivity contribution < 1.29 is 17.9 Å². The van der Waals surface area contributed by atoms with E-state index in [-0.39, 0.29) is 17.4 Å². The van der Waals surface area contributed by atoms with Gasteiger partial charge in [0.15, 0.2) is 9.84 Å².